The van der Waals surface area contributed by atoms with E-state index in [1.165, 1.54) is 22.3 Å². The molecule has 1 heteroatoms. The summed E-state index contributed by atoms with van der Waals surface area (Å²) in [5.74, 6) is 0.238. The average molecular weight is 587 g/mol. The molecule has 232 valence electrons. The van der Waals surface area contributed by atoms with Gasteiger partial charge in [0.05, 0.1) is 0 Å². The number of carbonyl (C=O) groups excluding carboxylic acids is 1. The van der Waals surface area contributed by atoms with Gasteiger partial charge in [0.15, 0.2) is 0 Å². The number of ketones is 1. The Bertz CT molecular complexity index is 1480. The summed E-state index contributed by atoms with van der Waals surface area (Å²) in [6.45, 7) is 26.9. The molecular formula is C43H54O. The highest BCUT2D eigenvalue weighted by molar-refractivity contribution is 5.88. The van der Waals surface area contributed by atoms with E-state index >= 15 is 0 Å². The normalized spacial score (nSPS) is 12.8. The highest BCUT2D eigenvalue weighted by atomic mass is 16.1. The maximum Gasteiger partial charge on any atom is 0.141 e. The van der Waals surface area contributed by atoms with Crippen LogP contribution in [-0.4, -0.2) is 5.78 Å². The van der Waals surface area contributed by atoms with Crippen LogP contribution in [-0.2, 0) is 39.3 Å². The van der Waals surface area contributed by atoms with Crippen molar-refractivity contribution in [2.75, 3.05) is 0 Å². The molecule has 0 aliphatic heterocycles. The average Bonchev–Trinajstić information content (AvgIpc) is 2.91. The zero-order valence-corrected chi connectivity index (χ0v) is 29.4. The van der Waals surface area contributed by atoms with Crippen molar-refractivity contribution < 1.29 is 4.79 Å². The van der Waals surface area contributed by atoms with Crippen molar-refractivity contribution in [1.82, 2.24) is 0 Å². The summed E-state index contributed by atoms with van der Waals surface area (Å²) in [6.07, 6.45) is 0.810. The smallest absolute Gasteiger partial charge is 0.141 e. The van der Waals surface area contributed by atoms with E-state index in [2.05, 4.69) is 168 Å². The molecule has 0 atom stereocenters. The largest absolute Gasteiger partial charge is 0.299 e. The SMILES string of the molecule is CC(C)(C)c1ccc(-c2ccc(C(C)(C)C)cc2CC(=O)Cc2cc(C(C)(C)C)ccc2-c2ccc(C(C)(C)C)cc2)cc1. The van der Waals surface area contributed by atoms with E-state index in [1.807, 2.05) is 0 Å². The van der Waals surface area contributed by atoms with Gasteiger partial charge in [0.1, 0.15) is 5.78 Å². The Kier molecular flexibility index (Phi) is 9.24. The van der Waals surface area contributed by atoms with Gasteiger partial charge in [-0.15, -0.1) is 0 Å². The third kappa shape index (κ3) is 7.98. The van der Waals surface area contributed by atoms with Crippen LogP contribution in [0, 0.1) is 0 Å². The zero-order chi connectivity index (χ0) is 32.7. The van der Waals surface area contributed by atoms with Crippen LogP contribution >= 0.6 is 0 Å². The van der Waals surface area contributed by atoms with E-state index in [0.717, 1.165) is 33.4 Å². The molecule has 0 radical (unpaired) electrons. The van der Waals surface area contributed by atoms with Gasteiger partial charge in [-0.1, -0.05) is 168 Å². The zero-order valence-electron chi connectivity index (χ0n) is 29.4. The second-order valence-corrected chi connectivity index (χ2v) is 16.8. The van der Waals surface area contributed by atoms with Gasteiger partial charge in [0.25, 0.3) is 0 Å². The molecule has 0 aliphatic carbocycles. The first kappa shape index (κ1) is 33.4. The number of hydrogen-bond acceptors (Lipinski definition) is 1. The van der Waals surface area contributed by atoms with E-state index in [4.69, 9.17) is 0 Å². The van der Waals surface area contributed by atoms with Crippen LogP contribution in [0.2, 0.25) is 0 Å². The number of carbonyl (C=O) groups is 1. The lowest BCUT2D eigenvalue weighted by Gasteiger charge is -2.23. The van der Waals surface area contributed by atoms with Crippen molar-refractivity contribution in [2.45, 2.75) is 118 Å². The van der Waals surface area contributed by atoms with E-state index < -0.39 is 0 Å². The minimum Gasteiger partial charge on any atom is -0.299 e. The molecular weight excluding hydrogens is 532 g/mol. The van der Waals surface area contributed by atoms with Crippen LogP contribution in [0.15, 0.2) is 84.9 Å². The van der Waals surface area contributed by atoms with Crippen molar-refractivity contribution in [3.63, 3.8) is 0 Å². The van der Waals surface area contributed by atoms with Gasteiger partial charge >= 0.3 is 0 Å². The second-order valence-electron chi connectivity index (χ2n) is 16.8. The highest BCUT2D eigenvalue weighted by Gasteiger charge is 2.22. The minimum absolute atomic E-state index is 0.000152. The monoisotopic (exact) mass is 586 g/mol. The summed E-state index contributed by atoms with van der Waals surface area (Å²) in [7, 11) is 0. The lowest BCUT2D eigenvalue weighted by Crippen LogP contribution is -2.15. The number of rotatable bonds is 6. The van der Waals surface area contributed by atoms with E-state index in [-0.39, 0.29) is 27.4 Å². The predicted molar refractivity (Wildman–Crippen MR) is 191 cm³/mol. The van der Waals surface area contributed by atoms with Crippen molar-refractivity contribution in [2.24, 2.45) is 0 Å². The van der Waals surface area contributed by atoms with Crippen LogP contribution in [0.4, 0.5) is 0 Å². The first-order chi connectivity index (χ1) is 20.2. The molecule has 0 unspecified atom stereocenters. The van der Waals surface area contributed by atoms with E-state index in [9.17, 15) is 4.79 Å². The van der Waals surface area contributed by atoms with Crippen molar-refractivity contribution in [3.8, 4) is 22.3 Å². The van der Waals surface area contributed by atoms with Gasteiger partial charge in [-0.25, -0.2) is 0 Å². The summed E-state index contributed by atoms with van der Waals surface area (Å²) in [6, 6.07) is 31.2. The molecule has 0 aliphatic rings. The molecule has 1 nitrogen and oxygen atoms in total. The van der Waals surface area contributed by atoms with Crippen molar-refractivity contribution in [3.05, 3.63) is 118 Å². The number of Topliss-reactive ketones (excluding diaryl/α,β-unsaturated/α-hetero) is 1. The molecule has 0 spiro atoms. The van der Waals surface area contributed by atoms with Gasteiger partial charge in [-0.3, -0.25) is 4.79 Å². The molecule has 44 heavy (non-hydrogen) atoms. The van der Waals surface area contributed by atoms with Crippen molar-refractivity contribution >= 4 is 5.78 Å². The van der Waals surface area contributed by atoms with Gasteiger partial charge in [0.2, 0.25) is 0 Å². The Morgan fingerprint density at radius 1 is 0.409 bits per heavy atom. The molecule has 0 bridgehead atoms. The Morgan fingerprint density at radius 2 is 0.682 bits per heavy atom. The Balaban J connectivity index is 1.73. The van der Waals surface area contributed by atoms with Crippen LogP contribution in [0.5, 0.6) is 0 Å². The molecule has 0 fully saturated rings. The summed E-state index contributed by atoms with van der Waals surface area (Å²) < 4.78 is 0. The molecule has 0 heterocycles. The molecule has 4 aromatic carbocycles. The fourth-order valence-electron chi connectivity index (χ4n) is 5.76. The van der Waals surface area contributed by atoms with Gasteiger partial charge < -0.3 is 0 Å². The van der Waals surface area contributed by atoms with Gasteiger partial charge in [-0.2, -0.15) is 0 Å². The molecule has 4 rings (SSSR count). The first-order valence-corrected chi connectivity index (χ1v) is 16.2. The summed E-state index contributed by atoms with van der Waals surface area (Å²) in [5.41, 5.74) is 12.2. The maximum absolute atomic E-state index is 14.0. The van der Waals surface area contributed by atoms with E-state index in [1.54, 1.807) is 0 Å². The number of benzene rings is 4. The van der Waals surface area contributed by atoms with Crippen LogP contribution in [0.25, 0.3) is 22.3 Å². The summed E-state index contributed by atoms with van der Waals surface area (Å²) in [5, 5.41) is 0. The fourth-order valence-corrected chi connectivity index (χ4v) is 5.76. The van der Waals surface area contributed by atoms with Crippen LogP contribution in [0.3, 0.4) is 0 Å². The van der Waals surface area contributed by atoms with Gasteiger partial charge in [-0.05, 0) is 77.3 Å². The quantitative estimate of drug-likeness (QED) is 0.220. The first-order valence-electron chi connectivity index (χ1n) is 16.2. The predicted octanol–water partition coefficient (Wildman–Crippen LogP) is 11.6. The summed E-state index contributed by atoms with van der Waals surface area (Å²) in [4.78, 5) is 14.0. The molecule has 0 aromatic heterocycles. The lowest BCUT2D eigenvalue weighted by molar-refractivity contribution is -0.117. The molecule has 4 aromatic rings. The molecule has 0 amide bonds. The molecule has 0 saturated carbocycles. The van der Waals surface area contributed by atoms with Crippen LogP contribution in [0.1, 0.15) is 116 Å². The van der Waals surface area contributed by atoms with Crippen molar-refractivity contribution in [1.29, 1.82) is 0 Å². The maximum atomic E-state index is 14.0. The van der Waals surface area contributed by atoms with Gasteiger partial charge in [0, 0.05) is 12.8 Å². The highest BCUT2D eigenvalue weighted by Crippen LogP contribution is 2.35. The summed E-state index contributed by atoms with van der Waals surface area (Å²) >= 11 is 0. The standard InChI is InChI=1S/C43H54O/c1-40(2,3)33-17-13-29(14-18-33)38-23-21-35(42(7,8)9)25-31(38)27-37(44)28-32-26-36(43(10,11)12)22-24-39(32)30-15-19-34(20-16-30)41(4,5)6/h13-26H,27-28H2,1-12H3. The topological polar surface area (TPSA) is 17.1 Å². The Labute approximate surface area is 268 Å². The Morgan fingerprint density at radius 3 is 0.955 bits per heavy atom. The van der Waals surface area contributed by atoms with E-state index in [0.29, 0.717) is 12.8 Å². The lowest BCUT2D eigenvalue weighted by atomic mass is 9.81. The molecule has 0 N–H and O–H groups in total. The number of hydrogen-bond donors (Lipinski definition) is 0. The van der Waals surface area contributed by atoms with Crippen LogP contribution < -0.4 is 0 Å². The third-order valence-corrected chi connectivity index (χ3v) is 8.84. The fraction of sp³-hybridized carbons (Fsp3) is 0.419. The molecule has 0 saturated heterocycles. The minimum atomic E-state index is -0.000152. The third-order valence-electron chi connectivity index (χ3n) is 8.84. The second kappa shape index (κ2) is 12.2. The Hall–Kier alpha value is -3.45.